The third-order valence-electron chi connectivity index (χ3n) is 4.14. The fourth-order valence-corrected chi connectivity index (χ4v) is 2.78. The van der Waals surface area contributed by atoms with Crippen molar-refractivity contribution >= 4 is 0 Å². The molecular formula is C22H32O. The molecule has 0 amide bonds. The van der Waals surface area contributed by atoms with Gasteiger partial charge in [-0.3, -0.25) is 0 Å². The van der Waals surface area contributed by atoms with Gasteiger partial charge in [0.25, 0.3) is 0 Å². The summed E-state index contributed by atoms with van der Waals surface area (Å²) in [7, 11) is 0. The zero-order valence-electron chi connectivity index (χ0n) is 15.9. The summed E-state index contributed by atoms with van der Waals surface area (Å²) in [6, 6.07) is 4.71. The van der Waals surface area contributed by atoms with E-state index in [0.29, 0.717) is 24.2 Å². The summed E-state index contributed by atoms with van der Waals surface area (Å²) >= 11 is 0. The Kier molecular flexibility index (Phi) is 7.43. The van der Waals surface area contributed by atoms with Crippen molar-refractivity contribution in [3.05, 3.63) is 47.0 Å². The SMILES string of the molecule is C=CCC#CO[C@@H](C)c1c(C(C)C)cc(C(C)C)cc1C(C)C. The van der Waals surface area contributed by atoms with Crippen LogP contribution in [0.4, 0.5) is 0 Å². The smallest absolute Gasteiger partial charge is 0.133 e. The van der Waals surface area contributed by atoms with Gasteiger partial charge in [0.05, 0.1) is 0 Å². The minimum atomic E-state index is -0.0247. The molecule has 1 aromatic carbocycles. The molecule has 0 saturated carbocycles. The van der Waals surface area contributed by atoms with Gasteiger partial charge < -0.3 is 4.74 Å². The van der Waals surface area contributed by atoms with E-state index in [2.05, 4.69) is 79.2 Å². The van der Waals surface area contributed by atoms with Crippen molar-refractivity contribution in [2.75, 3.05) is 0 Å². The third-order valence-corrected chi connectivity index (χ3v) is 4.14. The Morgan fingerprint density at radius 3 is 1.87 bits per heavy atom. The molecule has 0 heterocycles. The molecular weight excluding hydrogens is 280 g/mol. The van der Waals surface area contributed by atoms with E-state index in [1.54, 1.807) is 6.08 Å². The topological polar surface area (TPSA) is 9.23 Å². The first-order valence-electron chi connectivity index (χ1n) is 8.71. The van der Waals surface area contributed by atoms with E-state index in [-0.39, 0.29) is 6.10 Å². The van der Waals surface area contributed by atoms with Crippen molar-refractivity contribution in [3.63, 3.8) is 0 Å². The third kappa shape index (κ3) is 5.17. The first-order chi connectivity index (χ1) is 10.8. The van der Waals surface area contributed by atoms with E-state index in [0.717, 1.165) is 0 Å². The maximum atomic E-state index is 5.80. The molecule has 1 atom stereocenters. The van der Waals surface area contributed by atoms with Crippen LogP contribution in [0.1, 0.15) is 101 Å². The number of rotatable bonds is 6. The Morgan fingerprint density at radius 1 is 0.957 bits per heavy atom. The summed E-state index contributed by atoms with van der Waals surface area (Å²) in [4.78, 5) is 0. The quantitative estimate of drug-likeness (QED) is 0.421. The lowest BCUT2D eigenvalue weighted by Crippen LogP contribution is -2.10. The summed E-state index contributed by atoms with van der Waals surface area (Å²) in [6.07, 6.45) is 5.26. The van der Waals surface area contributed by atoms with Gasteiger partial charge in [-0.1, -0.05) is 65.7 Å². The summed E-state index contributed by atoms with van der Waals surface area (Å²) in [6.45, 7) is 19.3. The normalized spacial score (nSPS) is 12.3. The zero-order valence-corrected chi connectivity index (χ0v) is 15.9. The van der Waals surface area contributed by atoms with E-state index in [1.807, 2.05) is 0 Å². The van der Waals surface area contributed by atoms with Crippen LogP contribution in [0.15, 0.2) is 24.8 Å². The Hall–Kier alpha value is -1.68. The van der Waals surface area contributed by atoms with Crippen molar-refractivity contribution in [3.8, 4) is 12.0 Å². The van der Waals surface area contributed by atoms with Crippen LogP contribution in [-0.2, 0) is 4.74 Å². The fraction of sp³-hybridized carbons (Fsp3) is 0.545. The van der Waals surface area contributed by atoms with Crippen LogP contribution < -0.4 is 0 Å². The zero-order chi connectivity index (χ0) is 17.6. The van der Waals surface area contributed by atoms with Crippen LogP contribution in [-0.4, -0.2) is 0 Å². The van der Waals surface area contributed by atoms with Crippen molar-refractivity contribution in [2.24, 2.45) is 0 Å². The molecule has 1 heteroatoms. The molecule has 0 bridgehead atoms. The predicted molar refractivity (Wildman–Crippen MR) is 101 cm³/mol. The van der Waals surface area contributed by atoms with Gasteiger partial charge >= 0.3 is 0 Å². The lowest BCUT2D eigenvalue weighted by Gasteiger charge is -2.25. The summed E-state index contributed by atoms with van der Waals surface area (Å²) < 4.78 is 5.80. The van der Waals surface area contributed by atoms with Gasteiger partial charge in [-0.25, -0.2) is 0 Å². The van der Waals surface area contributed by atoms with Crippen LogP contribution in [0.5, 0.6) is 0 Å². The van der Waals surface area contributed by atoms with E-state index >= 15 is 0 Å². The highest BCUT2D eigenvalue weighted by Crippen LogP contribution is 2.36. The average molecular weight is 312 g/mol. The number of allylic oxidation sites excluding steroid dienone is 1. The highest BCUT2D eigenvalue weighted by atomic mass is 16.5. The largest absolute Gasteiger partial charge is 0.439 e. The molecule has 23 heavy (non-hydrogen) atoms. The first kappa shape index (κ1) is 19.4. The second kappa shape index (κ2) is 8.82. The van der Waals surface area contributed by atoms with E-state index in [4.69, 9.17) is 4.74 Å². The molecule has 0 saturated heterocycles. The number of hydrogen-bond acceptors (Lipinski definition) is 1. The van der Waals surface area contributed by atoms with Crippen LogP contribution in [0, 0.1) is 12.0 Å². The molecule has 0 fully saturated rings. The van der Waals surface area contributed by atoms with Gasteiger partial charge in [-0.15, -0.1) is 6.58 Å². The van der Waals surface area contributed by atoms with Crippen molar-refractivity contribution < 1.29 is 4.74 Å². The standard InChI is InChI=1S/C22H32O/c1-9-10-11-12-23-18(8)22-20(16(4)5)13-19(15(2)3)14-21(22)17(6)7/h9,13-18H,1,10H2,2-8H3/t18-/m0/s1. The maximum Gasteiger partial charge on any atom is 0.133 e. The van der Waals surface area contributed by atoms with Crippen LogP contribution in [0.3, 0.4) is 0 Å². The lowest BCUT2D eigenvalue weighted by atomic mass is 9.82. The molecule has 0 N–H and O–H groups in total. The van der Waals surface area contributed by atoms with Gasteiger partial charge in [-0.05, 0) is 41.4 Å². The predicted octanol–water partition coefficient (Wildman–Crippen LogP) is 6.67. The first-order valence-corrected chi connectivity index (χ1v) is 8.71. The van der Waals surface area contributed by atoms with Gasteiger partial charge in [0.1, 0.15) is 12.2 Å². The van der Waals surface area contributed by atoms with Crippen LogP contribution in [0.25, 0.3) is 0 Å². The van der Waals surface area contributed by atoms with Gasteiger partial charge in [0, 0.05) is 12.0 Å². The number of ether oxygens (including phenoxy) is 1. The number of benzene rings is 1. The molecule has 0 unspecified atom stereocenters. The molecule has 1 nitrogen and oxygen atoms in total. The van der Waals surface area contributed by atoms with Crippen LogP contribution in [0.2, 0.25) is 0 Å². The Balaban J connectivity index is 3.37. The van der Waals surface area contributed by atoms with Gasteiger partial charge in [-0.2, -0.15) is 0 Å². The summed E-state index contributed by atoms with van der Waals surface area (Å²) in [5.41, 5.74) is 5.49. The summed E-state index contributed by atoms with van der Waals surface area (Å²) in [5.74, 6) is 4.43. The molecule has 1 rings (SSSR count). The lowest BCUT2D eigenvalue weighted by molar-refractivity contribution is 0.185. The minimum absolute atomic E-state index is 0.0247. The maximum absolute atomic E-state index is 5.80. The Labute approximate surface area is 143 Å². The Bertz CT molecular complexity index is 553. The minimum Gasteiger partial charge on any atom is -0.439 e. The highest BCUT2D eigenvalue weighted by Gasteiger charge is 2.21. The molecule has 0 aliphatic heterocycles. The Morgan fingerprint density at radius 2 is 1.48 bits per heavy atom. The van der Waals surface area contributed by atoms with Gasteiger partial charge in [0.2, 0.25) is 0 Å². The fourth-order valence-electron chi connectivity index (χ4n) is 2.78. The molecule has 1 aromatic rings. The van der Waals surface area contributed by atoms with E-state index in [9.17, 15) is 0 Å². The van der Waals surface area contributed by atoms with Gasteiger partial charge in [0.15, 0.2) is 0 Å². The average Bonchev–Trinajstić information content (AvgIpc) is 2.49. The monoisotopic (exact) mass is 312 g/mol. The second-order valence-corrected chi connectivity index (χ2v) is 7.11. The number of hydrogen-bond donors (Lipinski definition) is 0. The highest BCUT2D eigenvalue weighted by molar-refractivity contribution is 5.45. The van der Waals surface area contributed by atoms with Crippen LogP contribution >= 0.6 is 0 Å². The molecule has 126 valence electrons. The summed E-state index contributed by atoms with van der Waals surface area (Å²) in [5, 5.41) is 0. The van der Waals surface area contributed by atoms with E-state index < -0.39 is 0 Å². The van der Waals surface area contributed by atoms with Crippen molar-refractivity contribution in [1.82, 2.24) is 0 Å². The second-order valence-electron chi connectivity index (χ2n) is 7.11. The molecule has 0 aliphatic rings. The molecule has 0 radical (unpaired) electrons. The van der Waals surface area contributed by atoms with Crippen molar-refractivity contribution in [1.29, 1.82) is 0 Å². The van der Waals surface area contributed by atoms with Crippen molar-refractivity contribution in [2.45, 2.75) is 78.7 Å². The molecule has 0 spiro atoms. The van der Waals surface area contributed by atoms with E-state index in [1.165, 1.54) is 22.3 Å². The molecule has 0 aromatic heterocycles. The molecule has 0 aliphatic carbocycles.